The van der Waals surface area contributed by atoms with E-state index in [-0.39, 0.29) is 17.4 Å². The monoisotopic (exact) mass is 264 g/mol. The Hall–Kier alpha value is -1.62. The van der Waals surface area contributed by atoms with Crippen LogP contribution in [0, 0.1) is 12.7 Å². The van der Waals surface area contributed by atoms with Crippen LogP contribution < -0.4 is 0 Å². The number of aromatic nitrogens is 2. The Labute approximate surface area is 109 Å². The third kappa shape index (κ3) is 2.79. The number of carbonyl (C=O) groups is 1. The van der Waals surface area contributed by atoms with E-state index >= 15 is 0 Å². The molecule has 1 aromatic carbocycles. The number of rotatable bonds is 4. The van der Waals surface area contributed by atoms with Crippen molar-refractivity contribution in [2.45, 2.75) is 11.8 Å². The van der Waals surface area contributed by atoms with Gasteiger partial charge in [-0.2, -0.15) is 0 Å². The van der Waals surface area contributed by atoms with Crippen molar-refractivity contribution in [2.75, 3.05) is 5.75 Å². The summed E-state index contributed by atoms with van der Waals surface area (Å²) in [5.74, 6) is 0.785. The van der Waals surface area contributed by atoms with Crippen molar-refractivity contribution in [1.82, 2.24) is 9.55 Å². The van der Waals surface area contributed by atoms with E-state index in [4.69, 9.17) is 0 Å². The van der Waals surface area contributed by atoms with Crippen molar-refractivity contribution >= 4 is 17.5 Å². The van der Waals surface area contributed by atoms with Gasteiger partial charge in [-0.15, -0.1) is 11.8 Å². The van der Waals surface area contributed by atoms with Gasteiger partial charge in [0.15, 0.2) is 5.78 Å². The van der Waals surface area contributed by atoms with Gasteiger partial charge in [-0.3, -0.25) is 4.79 Å². The van der Waals surface area contributed by atoms with Crippen molar-refractivity contribution in [3.63, 3.8) is 0 Å². The first-order valence-electron chi connectivity index (χ1n) is 5.48. The normalized spacial score (nSPS) is 10.6. The Kier molecular flexibility index (Phi) is 3.81. The van der Waals surface area contributed by atoms with Gasteiger partial charge in [0.05, 0.1) is 11.9 Å². The number of Topliss-reactive ketones (excluding diaryl/α,β-unsaturated/α-hetero) is 1. The molecule has 2 aromatic rings. The van der Waals surface area contributed by atoms with Gasteiger partial charge in [-0.25, -0.2) is 9.37 Å². The van der Waals surface area contributed by atoms with E-state index in [1.807, 2.05) is 14.0 Å². The van der Waals surface area contributed by atoms with E-state index in [1.54, 1.807) is 22.9 Å². The Morgan fingerprint density at radius 3 is 2.89 bits per heavy atom. The second-order valence-electron chi connectivity index (χ2n) is 3.92. The van der Waals surface area contributed by atoms with Crippen LogP contribution in [0.1, 0.15) is 16.3 Å². The summed E-state index contributed by atoms with van der Waals surface area (Å²) in [4.78, 5) is 16.8. The predicted octanol–water partition coefficient (Wildman–Crippen LogP) is 2.84. The third-order valence-corrected chi connectivity index (χ3v) is 3.67. The molecule has 0 saturated heterocycles. The summed E-state index contributed by atoms with van der Waals surface area (Å²) in [7, 11) is 1.81. The van der Waals surface area contributed by atoms with Gasteiger partial charge >= 0.3 is 0 Å². The maximum Gasteiger partial charge on any atom is 0.191 e. The molecule has 0 spiro atoms. The quantitative estimate of drug-likeness (QED) is 0.629. The fourth-order valence-electron chi connectivity index (χ4n) is 1.54. The molecule has 0 amide bonds. The van der Waals surface area contributed by atoms with Crippen LogP contribution in [-0.2, 0) is 7.05 Å². The highest BCUT2D eigenvalue weighted by Crippen LogP contribution is 2.20. The molecule has 2 rings (SSSR count). The maximum absolute atomic E-state index is 13.0. The Bertz CT molecular complexity index is 580. The Balaban J connectivity index is 2.03. The largest absolute Gasteiger partial charge is 0.329 e. The lowest BCUT2D eigenvalue weighted by atomic mass is 10.3. The van der Waals surface area contributed by atoms with Crippen molar-refractivity contribution in [3.8, 4) is 0 Å². The molecule has 0 aliphatic heterocycles. The highest BCUT2D eigenvalue weighted by molar-refractivity contribution is 8.00. The van der Waals surface area contributed by atoms with Gasteiger partial charge in [0, 0.05) is 11.9 Å². The summed E-state index contributed by atoms with van der Waals surface area (Å²) in [6.45, 7) is 1.84. The van der Waals surface area contributed by atoms with E-state index in [2.05, 4.69) is 4.98 Å². The molecular formula is C13H13FN2OS. The summed E-state index contributed by atoms with van der Waals surface area (Å²) in [5, 5.41) is 0. The molecular weight excluding hydrogens is 251 g/mol. The molecule has 0 radical (unpaired) electrons. The number of benzene rings is 1. The summed E-state index contributed by atoms with van der Waals surface area (Å²) in [6.07, 6.45) is 1.57. The topological polar surface area (TPSA) is 34.9 Å². The fourth-order valence-corrected chi connectivity index (χ4v) is 2.36. The van der Waals surface area contributed by atoms with Gasteiger partial charge in [-0.05, 0) is 25.1 Å². The molecule has 0 fully saturated rings. The van der Waals surface area contributed by atoms with E-state index < -0.39 is 0 Å². The second-order valence-corrected chi connectivity index (χ2v) is 4.97. The molecule has 1 heterocycles. The van der Waals surface area contributed by atoms with Crippen LogP contribution in [0.15, 0.2) is 35.4 Å². The van der Waals surface area contributed by atoms with Crippen LogP contribution >= 0.6 is 11.8 Å². The van der Waals surface area contributed by atoms with Crippen LogP contribution in [0.25, 0.3) is 0 Å². The van der Waals surface area contributed by atoms with E-state index in [0.29, 0.717) is 5.69 Å². The standard InChI is InChI=1S/C13H13FN2OS/c1-9-15-7-12(16(9)2)13(17)8-18-11-5-3-4-10(14)6-11/h3-7H,8H2,1-2H3. The van der Waals surface area contributed by atoms with Crippen LogP contribution in [0.3, 0.4) is 0 Å². The zero-order valence-corrected chi connectivity index (χ0v) is 11.0. The number of nitrogens with zero attached hydrogens (tertiary/aromatic N) is 2. The molecule has 0 aliphatic rings. The molecule has 5 heteroatoms. The number of thioether (sulfide) groups is 1. The molecule has 0 atom stereocenters. The van der Waals surface area contributed by atoms with Gasteiger partial charge in [-0.1, -0.05) is 6.07 Å². The van der Waals surface area contributed by atoms with Gasteiger partial charge < -0.3 is 4.57 Å². The molecule has 18 heavy (non-hydrogen) atoms. The van der Waals surface area contributed by atoms with E-state index in [1.165, 1.54) is 23.9 Å². The second kappa shape index (κ2) is 5.35. The predicted molar refractivity (Wildman–Crippen MR) is 69.4 cm³/mol. The Morgan fingerprint density at radius 2 is 2.28 bits per heavy atom. The lowest BCUT2D eigenvalue weighted by Gasteiger charge is -2.03. The fraction of sp³-hybridized carbons (Fsp3) is 0.231. The molecule has 0 saturated carbocycles. The highest BCUT2D eigenvalue weighted by atomic mass is 32.2. The number of carbonyl (C=O) groups excluding carboxylic acids is 1. The lowest BCUT2D eigenvalue weighted by Crippen LogP contribution is -2.09. The first-order chi connectivity index (χ1) is 8.58. The average molecular weight is 264 g/mol. The zero-order chi connectivity index (χ0) is 13.1. The molecule has 0 unspecified atom stereocenters. The smallest absolute Gasteiger partial charge is 0.191 e. The van der Waals surface area contributed by atoms with Crippen molar-refractivity contribution < 1.29 is 9.18 Å². The summed E-state index contributed by atoms with van der Waals surface area (Å²) >= 11 is 1.32. The number of ketones is 1. The Morgan fingerprint density at radius 1 is 1.50 bits per heavy atom. The van der Waals surface area contributed by atoms with Crippen LogP contribution in [0.2, 0.25) is 0 Å². The minimum Gasteiger partial charge on any atom is -0.329 e. The summed E-state index contributed by atoms with van der Waals surface area (Å²) in [6, 6.07) is 6.23. The number of hydrogen-bond donors (Lipinski definition) is 0. The van der Waals surface area contributed by atoms with Crippen LogP contribution in [0.5, 0.6) is 0 Å². The first kappa shape index (κ1) is 12.8. The molecule has 94 valence electrons. The number of aryl methyl sites for hydroxylation is 1. The van der Waals surface area contributed by atoms with Gasteiger partial charge in [0.1, 0.15) is 17.3 Å². The lowest BCUT2D eigenvalue weighted by molar-refractivity contribution is 0.101. The van der Waals surface area contributed by atoms with Crippen molar-refractivity contribution in [1.29, 1.82) is 0 Å². The number of halogens is 1. The summed E-state index contributed by atoms with van der Waals surface area (Å²) in [5.41, 5.74) is 0.580. The van der Waals surface area contributed by atoms with Crippen LogP contribution in [0.4, 0.5) is 4.39 Å². The SMILES string of the molecule is Cc1ncc(C(=O)CSc2cccc(F)c2)n1C. The maximum atomic E-state index is 13.0. The molecule has 3 nitrogen and oxygen atoms in total. The molecule has 0 aliphatic carbocycles. The minimum absolute atomic E-state index is 0.00707. The number of hydrogen-bond acceptors (Lipinski definition) is 3. The average Bonchev–Trinajstić information content (AvgIpc) is 2.67. The molecule has 1 aromatic heterocycles. The van der Waals surface area contributed by atoms with E-state index in [0.717, 1.165) is 10.7 Å². The highest BCUT2D eigenvalue weighted by Gasteiger charge is 2.12. The van der Waals surface area contributed by atoms with Crippen molar-refractivity contribution in [2.24, 2.45) is 7.05 Å². The number of imidazole rings is 1. The van der Waals surface area contributed by atoms with Gasteiger partial charge in [0.2, 0.25) is 0 Å². The first-order valence-corrected chi connectivity index (χ1v) is 6.46. The van der Waals surface area contributed by atoms with Crippen LogP contribution in [-0.4, -0.2) is 21.1 Å². The third-order valence-electron chi connectivity index (χ3n) is 2.67. The van der Waals surface area contributed by atoms with Gasteiger partial charge in [0.25, 0.3) is 0 Å². The molecule has 0 N–H and O–H groups in total. The van der Waals surface area contributed by atoms with E-state index in [9.17, 15) is 9.18 Å². The van der Waals surface area contributed by atoms with Crippen molar-refractivity contribution in [3.05, 3.63) is 47.8 Å². The summed E-state index contributed by atoms with van der Waals surface area (Å²) < 4.78 is 14.7. The zero-order valence-electron chi connectivity index (χ0n) is 10.2. The molecule has 0 bridgehead atoms. The minimum atomic E-state index is -0.288.